The lowest BCUT2D eigenvalue weighted by molar-refractivity contribution is 1.40. The molecule has 2 aromatic carbocycles. The molecule has 0 bridgehead atoms. The minimum Gasteiger partial charge on any atom is -0.398 e. The van der Waals surface area contributed by atoms with Gasteiger partial charge in [0.1, 0.15) is 0 Å². The third-order valence-electron chi connectivity index (χ3n) is 3.17. The molecule has 0 fully saturated rings. The molecule has 1 heterocycles. The molecule has 3 N–H and O–H groups in total. The van der Waals surface area contributed by atoms with Crippen LogP contribution in [0.2, 0.25) is 5.02 Å². The van der Waals surface area contributed by atoms with E-state index in [9.17, 15) is 0 Å². The lowest BCUT2D eigenvalue weighted by Gasteiger charge is -2.12. The molecule has 0 spiro atoms. The molecule has 0 atom stereocenters. The summed E-state index contributed by atoms with van der Waals surface area (Å²) in [7, 11) is 0. The first kappa shape index (κ1) is 13.2. The summed E-state index contributed by atoms with van der Waals surface area (Å²) in [5.41, 5.74) is 9.37. The van der Waals surface area contributed by atoms with Gasteiger partial charge in [-0.1, -0.05) is 11.6 Å². The van der Waals surface area contributed by atoms with Crippen molar-refractivity contribution in [2.24, 2.45) is 0 Å². The predicted molar refractivity (Wildman–Crippen MR) is 85.6 cm³/mol. The lowest BCUT2D eigenvalue weighted by atomic mass is 10.1. The molecule has 3 rings (SSSR count). The highest BCUT2D eigenvalue weighted by Crippen LogP contribution is 2.31. The summed E-state index contributed by atoms with van der Waals surface area (Å²) in [6.45, 7) is 0. The Morgan fingerprint density at radius 3 is 2.81 bits per heavy atom. The first-order valence-corrected chi connectivity index (χ1v) is 6.67. The molecule has 5 heteroatoms. The Labute approximate surface area is 126 Å². The van der Waals surface area contributed by atoms with Gasteiger partial charge in [0, 0.05) is 17.3 Å². The van der Waals surface area contributed by atoms with Crippen LogP contribution in [0, 0.1) is 11.3 Å². The average Bonchev–Trinajstić information content (AvgIpc) is 2.52. The number of nitrogens with two attached hydrogens (primary N) is 1. The van der Waals surface area contributed by atoms with E-state index < -0.39 is 0 Å². The van der Waals surface area contributed by atoms with Gasteiger partial charge >= 0.3 is 0 Å². The maximum absolute atomic E-state index is 8.98. The van der Waals surface area contributed by atoms with E-state index >= 15 is 0 Å². The molecule has 4 nitrogen and oxygen atoms in total. The van der Waals surface area contributed by atoms with E-state index in [1.54, 1.807) is 24.4 Å². The summed E-state index contributed by atoms with van der Waals surface area (Å²) in [6.07, 6.45) is 1.71. The Morgan fingerprint density at radius 2 is 2.00 bits per heavy atom. The van der Waals surface area contributed by atoms with Gasteiger partial charge < -0.3 is 11.1 Å². The van der Waals surface area contributed by atoms with Crippen molar-refractivity contribution in [2.45, 2.75) is 0 Å². The standard InChI is InChI=1S/C16H11ClN4/c17-12-4-3-10(9-18)8-15(12)21-14-6-5-13(19)11-2-1-7-20-16(11)14/h1-8,21H,19H2. The van der Waals surface area contributed by atoms with Gasteiger partial charge in [-0.15, -0.1) is 0 Å². The zero-order valence-corrected chi connectivity index (χ0v) is 11.7. The number of hydrogen-bond acceptors (Lipinski definition) is 4. The first-order valence-electron chi connectivity index (χ1n) is 6.29. The number of nitrogens with one attached hydrogen (secondary N) is 1. The summed E-state index contributed by atoms with van der Waals surface area (Å²) in [6, 6.07) is 14.6. The van der Waals surface area contributed by atoms with Crippen LogP contribution in [-0.2, 0) is 0 Å². The van der Waals surface area contributed by atoms with Crippen molar-refractivity contribution in [3.63, 3.8) is 0 Å². The minimum atomic E-state index is 0.537. The number of nitrogens with zero attached hydrogens (tertiary/aromatic N) is 2. The molecule has 0 amide bonds. The zero-order chi connectivity index (χ0) is 14.8. The second-order valence-electron chi connectivity index (χ2n) is 4.53. The molecule has 21 heavy (non-hydrogen) atoms. The smallest absolute Gasteiger partial charge is 0.0992 e. The molecule has 0 aliphatic heterocycles. The molecule has 0 saturated heterocycles. The number of fused-ring (bicyclic) bond motifs is 1. The monoisotopic (exact) mass is 294 g/mol. The van der Waals surface area contributed by atoms with Crippen molar-refractivity contribution in [3.05, 3.63) is 59.2 Å². The van der Waals surface area contributed by atoms with Gasteiger partial charge in [0.15, 0.2) is 0 Å². The lowest BCUT2D eigenvalue weighted by Crippen LogP contribution is -1.96. The fourth-order valence-electron chi connectivity index (χ4n) is 2.13. The highest BCUT2D eigenvalue weighted by molar-refractivity contribution is 6.33. The molecule has 0 saturated carbocycles. The number of nitriles is 1. The fraction of sp³-hybridized carbons (Fsp3) is 0. The van der Waals surface area contributed by atoms with Crippen LogP contribution in [0.1, 0.15) is 5.56 Å². The number of benzene rings is 2. The Hall–Kier alpha value is -2.77. The van der Waals surface area contributed by atoms with Crippen LogP contribution in [0.25, 0.3) is 10.9 Å². The highest BCUT2D eigenvalue weighted by atomic mass is 35.5. The van der Waals surface area contributed by atoms with E-state index in [-0.39, 0.29) is 0 Å². The molecule has 0 aliphatic carbocycles. The molecular weight excluding hydrogens is 284 g/mol. The average molecular weight is 295 g/mol. The van der Waals surface area contributed by atoms with Crippen molar-refractivity contribution in [1.82, 2.24) is 4.98 Å². The van der Waals surface area contributed by atoms with Gasteiger partial charge in [-0.3, -0.25) is 4.98 Å². The third-order valence-corrected chi connectivity index (χ3v) is 3.50. The van der Waals surface area contributed by atoms with Crippen molar-refractivity contribution >= 4 is 39.6 Å². The van der Waals surface area contributed by atoms with E-state index in [1.165, 1.54) is 0 Å². The van der Waals surface area contributed by atoms with Crippen molar-refractivity contribution in [2.75, 3.05) is 11.1 Å². The van der Waals surface area contributed by atoms with Crippen LogP contribution < -0.4 is 11.1 Å². The minimum absolute atomic E-state index is 0.537. The van der Waals surface area contributed by atoms with Gasteiger partial charge in [-0.2, -0.15) is 5.26 Å². The topological polar surface area (TPSA) is 74.7 Å². The second-order valence-corrected chi connectivity index (χ2v) is 4.94. The van der Waals surface area contributed by atoms with Gasteiger partial charge in [0.25, 0.3) is 0 Å². The molecule has 0 aliphatic rings. The number of halogens is 1. The van der Waals surface area contributed by atoms with Crippen LogP contribution >= 0.6 is 11.6 Å². The van der Waals surface area contributed by atoms with Crippen LogP contribution in [0.5, 0.6) is 0 Å². The van der Waals surface area contributed by atoms with Crippen LogP contribution in [0.3, 0.4) is 0 Å². The summed E-state index contributed by atoms with van der Waals surface area (Å²) in [4.78, 5) is 4.36. The molecule has 102 valence electrons. The third kappa shape index (κ3) is 2.47. The maximum atomic E-state index is 8.98. The molecule has 0 radical (unpaired) electrons. The number of rotatable bonds is 2. The molecule has 1 aromatic heterocycles. The van der Waals surface area contributed by atoms with Crippen molar-refractivity contribution in [3.8, 4) is 6.07 Å². The number of hydrogen-bond donors (Lipinski definition) is 2. The number of pyridine rings is 1. The van der Waals surface area contributed by atoms with E-state index in [0.29, 0.717) is 22.0 Å². The maximum Gasteiger partial charge on any atom is 0.0992 e. The quantitative estimate of drug-likeness (QED) is 0.698. The second kappa shape index (κ2) is 5.31. The summed E-state index contributed by atoms with van der Waals surface area (Å²) in [5.74, 6) is 0. The number of nitrogen functional groups attached to an aromatic ring is 1. The fourth-order valence-corrected chi connectivity index (χ4v) is 2.30. The molecule has 3 aromatic rings. The zero-order valence-electron chi connectivity index (χ0n) is 11.0. The van der Waals surface area contributed by atoms with Crippen molar-refractivity contribution in [1.29, 1.82) is 5.26 Å². The van der Waals surface area contributed by atoms with E-state index in [4.69, 9.17) is 22.6 Å². The Bertz CT molecular complexity index is 868. The normalized spacial score (nSPS) is 10.3. The van der Waals surface area contributed by atoms with E-state index in [1.807, 2.05) is 24.3 Å². The van der Waals surface area contributed by atoms with E-state index in [0.717, 1.165) is 16.6 Å². The van der Waals surface area contributed by atoms with Gasteiger partial charge in [-0.05, 0) is 42.5 Å². The van der Waals surface area contributed by atoms with Crippen LogP contribution in [-0.4, -0.2) is 4.98 Å². The van der Waals surface area contributed by atoms with Crippen molar-refractivity contribution < 1.29 is 0 Å². The molecular formula is C16H11ClN4. The largest absolute Gasteiger partial charge is 0.398 e. The Balaban J connectivity index is 2.11. The van der Waals surface area contributed by atoms with E-state index in [2.05, 4.69) is 16.4 Å². The first-order chi connectivity index (χ1) is 10.2. The Morgan fingerprint density at radius 1 is 1.14 bits per heavy atom. The SMILES string of the molecule is N#Cc1ccc(Cl)c(Nc2ccc(N)c3cccnc23)c1. The van der Waals surface area contributed by atoms with Crippen LogP contribution in [0.15, 0.2) is 48.7 Å². The summed E-state index contributed by atoms with van der Waals surface area (Å²) in [5, 5.41) is 13.6. The number of anilines is 3. The Kier molecular flexibility index (Phi) is 3.35. The predicted octanol–water partition coefficient (Wildman–Crippen LogP) is 4.09. The number of aromatic nitrogens is 1. The highest BCUT2D eigenvalue weighted by Gasteiger charge is 2.08. The summed E-state index contributed by atoms with van der Waals surface area (Å²) < 4.78 is 0. The van der Waals surface area contributed by atoms with Gasteiger partial charge in [0.05, 0.1) is 33.5 Å². The summed E-state index contributed by atoms with van der Waals surface area (Å²) >= 11 is 6.17. The van der Waals surface area contributed by atoms with Crippen LogP contribution in [0.4, 0.5) is 17.1 Å². The molecule has 0 unspecified atom stereocenters. The van der Waals surface area contributed by atoms with Gasteiger partial charge in [-0.25, -0.2) is 0 Å². The van der Waals surface area contributed by atoms with Gasteiger partial charge in [0.2, 0.25) is 0 Å².